The normalized spacial score (nSPS) is 28.5. The van der Waals surface area contributed by atoms with E-state index in [0.717, 1.165) is 17.8 Å². The average Bonchev–Trinajstić information content (AvgIpc) is 2.84. The van der Waals surface area contributed by atoms with Gasteiger partial charge in [-0.2, -0.15) is 10.2 Å². The van der Waals surface area contributed by atoms with Crippen molar-refractivity contribution in [2.75, 3.05) is 19.6 Å². The van der Waals surface area contributed by atoms with Crippen molar-refractivity contribution in [3.8, 4) is 11.3 Å². The molecule has 0 saturated carbocycles. The van der Waals surface area contributed by atoms with Gasteiger partial charge >= 0.3 is 0 Å². The highest BCUT2D eigenvalue weighted by Crippen LogP contribution is 2.41. The molecule has 2 aliphatic heterocycles. The van der Waals surface area contributed by atoms with Crippen LogP contribution in [0.3, 0.4) is 0 Å². The number of nitrogens with zero attached hydrogens (tertiary/aromatic N) is 4. The van der Waals surface area contributed by atoms with E-state index in [9.17, 15) is 0 Å². The van der Waals surface area contributed by atoms with E-state index in [1.54, 1.807) is 6.20 Å². The van der Waals surface area contributed by atoms with Gasteiger partial charge in [0.1, 0.15) is 0 Å². The van der Waals surface area contributed by atoms with Crippen molar-refractivity contribution in [3.05, 3.63) is 42.4 Å². The Kier molecular flexibility index (Phi) is 2.77. The highest BCUT2D eigenvalue weighted by molar-refractivity contribution is 5.56. The number of rotatable bonds is 2. The number of hydrogen-bond acceptors (Lipinski definition) is 4. The van der Waals surface area contributed by atoms with Crippen LogP contribution in [0.2, 0.25) is 0 Å². The predicted molar refractivity (Wildman–Crippen MR) is 77.2 cm³/mol. The SMILES string of the molecule is c1cncc(-c2ccc(C34CCCN(CC3)C4)nn2)c1. The third-order valence-corrected chi connectivity index (χ3v) is 4.73. The van der Waals surface area contributed by atoms with Gasteiger partial charge in [0.05, 0.1) is 11.4 Å². The maximum Gasteiger partial charge on any atom is 0.0945 e. The molecule has 2 aromatic heterocycles. The van der Waals surface area contributed by atoms with Crippen molar-refractivity contribution in [1.82, 2.24) is 20.1 Å². The molecule has 2 unspecified atom stereocenters. The van der Waals surface area contributed by atoms with Crippen molar-refractivity contribution in [3.63, 3.8) is 0 Å². The summed E-state index contributed by atoms with van der Waals surface area (Å²) in [6, 6.07) is 8.21. The second-order valence-electron chi connectivity index (χ2n) is 5.96. The second-order valence-corrected chi connectivity index (χ2v) is 5.96. The number of piperidine rings is 1. The minimum atomic E-state index is 0.263. The Hall–Kier alpha value is -1.81. The molecule has 2 aromatic rings. The summed E-state index contributed by atoms with van der Waals surface area (Å²) in [5.74, 6) is 0. The highest BCUT2D eigenvalue weighted by Gasteiger charge is 2.43. The molecule has 2 bridgehead atoms. The van der Waals surface area contributed by atoms with Gasteiger partial charge < -0.3 is 4.90 Å². The molecule has 102 valence electrons. The van der Waals surface area contributed by atoms with Gasteiger partial charge in [0.15, 0.2) is 0 Å². The van der Waals surface area contributed by atoms with Gasteiger partial charge in [-0.25, -0.2) is 0 Å². The minimum Gasteiger partial charge on any atom is -0.302 e. The summed E-state index contributed by atoms with van der Waals surface area (Å²) in [4.78, 5) is 6.69. The Morgan fingerprint density at radius 2 is 2.05 bits per heavy atom. The van der Waals surface area contributed by atoms with Crippen LogP contribution in [0.5, 0.6) is 0 Å². The van der Waals surface area contributed by atoms with Gasteiger partial charge in [-0.1, -0.05) is 0 Å². The largest absolute Gasteiger partial charge is 0.302 e. The van der Waals surface area contributed by atoms with Crippen molar-refractivity contribution < 1.29 is 0 Å². The number of fused-ring (bicyclic) bond motifs is 2. The summed E-state index contributed by atoms with van der Waals surface area (Å²) in [7, 11) is 0. The van der Waals surface area contributed by atoms with Crippen molar-refractivity contribution in [2.45, 2.75) is 24.7 Å². The Morgan fingerprint density at radius 1 is 1.05 bits per heavy atom. The first-order chi connectivity index (χ1) is 9.86. The third kappa shape index (κ3) is 1.91. The zero-order chi connectivity index (χ0) is 13.4. The van der Waals surface area contributed by atoms with Crippen LogP contribution < -0.4 is 0 Å². The Balaban J connectivity index is 1.65. The van der Waals surface area contributed by atoms with Gasteiger partial charge in [0, 0.05) is 29.9 Å². The molecule has 0 radical (unpaired) electrons. The highest BCUT2D eigenvalue weighted by atomic mass is 15.2. The maximum absolute atomic E-state index is 4.54. The fourth-order valence-electron chi connectivity index (χ4n) is 3.61. The summed E-state index contributed by atoms with van der Waals surface area (Å²) in [6.45, 7) is 3.63. The van der Waals surface area contributed by atoms with Crippen LogP contribution >= 0.6 is 0 Å². The van der Waals surface area contributed by atoms with Crippen molar-refractivity contribution >= 4 is 0 Å². The average molecular weight is 266 g/mol. The quantitative estimate of drug-likeness (QED) is 0.836. The van der Waals surface area contributed by atoms with E-state index in [2.05, 4.69) is 32.2 Å². The van der Waals surface area contributed by atoms with Crippen LogP contribution in [-0.4, -0.2) is 39.7 Å². The summed E-state index contributed by atoms with van der Waals surface area (Å²) in [5.41, 5.74) is 3.37. The summed E-state index contributed by atoms with van der Waals surface area (Å²) >= 11 is 0. The fourth-order valence-corrected chi connectivity index (χ4v) is 3.61. The van der Waals surface area contributed by atoms with Crippen LogP contribution in [0.4, 0.5) is 0 Å². The van der Waals surface area contributed by atoms with Crippen molar-refractivity contribution in [2.24, 2.45) is 0 Å². The maximum atomic E-state index is 4.54. The lowest BCUT2D eigenvalue weighted by Crippen LogP contribution is -2.37. The zero-order valence-corrected chi connectivity index (χ0v) is 11.5. The fraction of sp³-hybridized carbons (Fsp3) is 0.438. The van der Waals surface area contributed by atoms with E-state index >= 15 is 0 Å². The molecule has 4 rings (SSSR count). The minimum absolute atomic E-state index is 0.263. The van der Waals surface area contributed by atoms with Crippen LogP contribution in [0.25, 0.3) is 11.3 Å². The van der Waals surface area contributed by atoms with Crippen molar-refractivity contribution in [1.29, 1.82) is 0 Å². The first kappa shape index (κ1) is 12.0. The molecule has 0 amide bonds. The monoisotopic (exact) mass is 266 g/mol. The first-order valence-electron chi connectivity index (χ1n) is 7.33. The van der Waals surface area contributed by atoms with E-state index in [4.69, 9.17) is 0 Å². The van der Waals surface area contributed by atoms with E-state index in [-0.39, 0.29) is 5.41 Å². The molecule has 4 heterocycles. The third-order valence-electron chi connectivity index (χ3n) is 4.73. The summed E-state index contributed by atoms with van der Waals surface area (Å²) in [5, 5.41) is 8.97. The van der Waals surface area contributed by atoms with Gasteiger partial charge in [-0.05, 0) is 56.6 Å². The molecular weight excluding hydrogens is 248 g/mol. The molecule has 4 heteroatoms. The molecule has 0 spiro atoms. The van der Waals surface area contributed by atoms with Crippen LogP contribution in [0.15, 0.2) is 36.7 Å². The number of aromatic nitrogens is 3. The molecule has 2 atom stereocenters. The van der Waals surface area contributed by atoms with Gasteiger partial charge in [-0.3, -0.25) is 4.98 Å². The molecule has 0 aliphatic carbocycles. The van der Waals surface area contributed by atoms with Crippen LogP contribution in [0, 0.1) is 0 Å². The van der Waals surface area contributed by atoms with E-state index in [0.29, 0.717) is 0 Å². The van der Waals surface area contributed by atoms with E-state index in [1.807, 2.05) is 18.3 Å². The molecule has 2 saturated heterocycles. The second kappa shape index (κ2) is 4.63. The molecular formula is C16H18N4. The van der Waals surface area contributed by atoms with E-state index in [1.165, 1.54) is 38.0 Å². The molecule has 20 heavy (non-hydrogen) atoms. The lowest BCUT2D eigenvalue weighted by atomic mass is 9.78. The lowest BCUT2D eigenvalue weighted by molar-refractivity contribution is 0.239. The first-order valence-corrected chi connectivity index (χ1v) is 7.33. The molecule has 2 fully saturated rings. The van der Waals surface area contributed by atoms with E-state index < -0.39 is 0 Å². The molecule has 2 aliphatic rings. The Morgan fingerprint density at radius 3 is 2.85 bits per heavy atom. The molecule has 0 N–H and O–H groups in total. The summed E-state index contributed by atoms with van der Waals surface area (Å²) < 4.78 is 0. The molecule has 4 nitrogen and oxygen atoms in total. The van der Waals surface area contributed by atoms with Crippen LogP contribution in [0.1, 0.15) is 25.0 Å². The van der Waals surface area contributed by atoms with Gasteiger partial charge in [0.25, 0.3) is 0 Å². The number of pyridine rings is 1. The Labute approximate surface area is 118 Å². The molecule has 0 aromatic carbocycles. The topological polar surface area (TPSA) is 41.9 Å². The van der Waals surface area contributed by atoms with Gasteiger partial charge in [0.2, 0.25) is 0 Å². The lowest BCUT2D eigenvalue weighted by Gasteiger charge is -2.33. The number of hydrogen-bond donors (Lipinski definition) is 0. The Bertz CT molecular complexity index is 592. The zero-order valence-electron chi connectivity index (χ0n) is 11.5. The standard InChI is InChI=1S/C16H18N4/c1-3-13(11-17-8-1)14-4-5-15(19-18-14)16-6-2-9-20(12-16)10-7-16/h1,3-5,8,11H,2,6-7,9-10,12H2. The van der Waals surface area contributed by atoms with Gasteiger partial charge in [-0.15, -0.1) is 0 Å². The smallest absolute Gasteiger partial charge is 0.0945 e. The van der Waals surface area contributed by atoms with Crippen LogP contribution in [-0.2, 0) is 5.41 Å². The predicted octanol–water partition coefficient (Wildman–Crippen LogP) is 2.28. The summed E-state index contributed by atoms with van der Waals surface area (Å²) in [6.07, 6.45) is 7.38.